The average Bonchev–Trinajstić information content (AvgIpc) is 2.81. The van der Waals surface area contributed by atoms with Gasteiger partial charge in [0.2, 0.25) is 0 Å². The highest BCUT2D eigenvalue weighted by Crippen LogP contribution is 2.26. The summed E-state index contributed by atoms with van der Waals surface area (Å²) in [5.41, 5.74) is 2.36. The molecule has 1 aliphatic heterocycles. The second-order valence-electron chi connectivity index (χ2n) is 7.26. The van der Waals surface area contributed by atoms with Crippen molar-refractivity contribution < 1.29 is 0 Å². The molecule has 1 aliphatic rings. The van der Waals surface area contributed by atoms with E-state index in [0.29, 0.717) is 0 Å². The summed E-state index contributed by atoms with van der Waals surface area (Å²) in [4.78, 5) is 17.0. The van der Waals surface area contributed by atoms with Gasteiger partial charge in [-0.25, -0.2) is 9.97 Å². The van der Waals surface area contributed by atoms with E-state index >= 15 is 0 Å². The summed E-state index contributed by atoms with van der Waals surface area (Å²) in [6.07, 6.45) is 0. The Morgan fingerprint density at radius 3 is 1.97 bits per heavy atom. The molecule has 0 amide bonds. The second kappa shape index (κ2) is 8.95. The largest absolute Gasteiger partial charge is 0.368 e. The van der Waals surface area contributed by atoms with Gasteiger partial charge in [-0.1, -0.05) is 48.5 Å². The predicted molar refractivity (Wildman–Crippen MR) is 122 cm³/mol. The first-order chi connectivity index (χ1) is 14.3. The first kappa shape index (κ1) is 19.2. The molecule has 0 spiro atoms. The summed E-state index contributed by atoms with van der Waals surface area (Å²) in [5.74, 6) is 2.83. The molecule has 0 atom stereocenters. The number of hydrogen-bond donors (Lipinski definition) is 0. The number of rotatable bonds is 6. The second-order valence-corrected chi connectivity index (χ2v) is 7.26. The third-order valence-corrected chi connectivity index (χ3v) is 5.54. The van der Waals surface area contributed by atoms with Crippen LogP contribution in [0.3, 0.4) is 0 Å². The van der Waals surface area contributed by atoms with Crippen molar-refractivity contribution in [2.24, 2.45) is 0 Å². The highest BCUT2D eigenvalue weighted by molar-refractivity contribution is 5.63. The van der Waals surface area contributed by atoms with Gasteiger partial charge in [-0.15, -0.1) is 0 Å². The molecule has 29 heavy (non-hydrogen) atoms. The van der Waals surface area contributed by atoms with Gasteiger partial charge in [-0.2, -0.15) is 0 Å². The molecule has 1 saturated heterocycles. The van der Waals surface area contributed by atoms with Gasteiger partial charge >= 0.3 is 0 Å². The molecule has 0 unspecified atom stereocenters. The Morgan fingerprint density at radius 2 is 1.34 bits per heavy atom. The lowest BCUT2D eigenvalue weighted by atomic mass is 10.2. The maximum absolute atomic E-state index is 4.95. The molecule has 150 valence electrons. The van der Waals surface area contributed by atoms with Crippen molar-refractivity contribution in [2.75, 3.05) is 54.0 Å². The van der Waals surface area contributed by atoms with Crippen LogP contribution < -0.4 is 14.7 Å². The molecule has 4 rings (SSSR count). The van der Waals surface area contributed by atoms with Crippen LogP contribution >= 0.6 is 0 Å². The van der Waals surface area contributed by atoms with Gasteiger partial charge in [0.15, 0.2) is 5.82 Å². The SMILES string of the molecule is CCN(CC)c1cc(N2CCN(c3ccccc3)CC2)nc(-c2ccccc2)n1. The molecule has 2 aromatic carbocycles. The van der Waals surface area contributed by atoms with Crippen LogP contribution in [-0.2, 0) is 0 Å². The Kier molecular flexibility index (Phi) is 5.94. The van der Waals surface area contributed by atoms with Crippen LogP contribution in [0.25, 0.3) is 11.4 Å². The number of hydrogen-bond acceptors (Lipinski definition) is 5. The molecule has 5 heteroatoms. The standard InChI is InChI=1S/C24H29N5/c1-3-27(4-2)22-19-23(26-24(25-22)20-11-7-5-8-12-20)29-17-15-28(16-18-29)21-13-9-6-10-14-21/h5-14,19H,3-4,15-18H2,1-2H3. The Bertz CT molecular complexity index is 901. The van der Waals surface area contributed by atoms with Crippen LogP contribution in [0.5, 0.6) is 0 Å². The lowest BCUT2D eigenvalue weighted by Crippen LogP contribution is -2.47. The van der Waals surface area contributed by atoms with Gasteiger partial charge in [0, 0.05) is 56.6 Å². The molecule has 2 heterocycles. The van der Waals surface area contributed by atoms with Gasteiger partial charge in [-0.05, 0) is 26.0 Å². The monoisotopic (exact) mass is 387 g/mol. The number of piperazine rings is 1. The Hall–Kier alpha value is -3.08. The molecule has 0 saturated carbocycles. The summed E-state index contributed by atoms with van der Waals surface area (Å²) in [5, 5.41) is 0. The highest BCUT2D eigenvalue weighted by atomic mass is 15.3. The molecular formula is C24H29N5. The summed E-state index contributed by atoms with van der Waals surface area (Å²) in [6, 6.07) is 23.1. The molecule has 0 N–H and O–H groups in total. The first-order valence-electron chi connectivity index (χ1n) is 10.5. The smallest absolute Gasteiger partial charge is 0.163 e. The fourth-order valence-electron chi connectivity index (χ4n) is 3.84. The lowest BCUT2D eigenvalue weighted by molar-refractivity contribution is 0.646. The van der Waals surface area contributed by atoms with Gasteiger partial charge in [0.25, 0.3) is 0 Å². The van der Waals surface area contributed by atoms with Crippen molar-refractivity contribution >= 4 is 17.3 Å². The van der Waals surface area contributed by atoms with Crippen molar-refractivity contribution in [1.29, 1.82) is 0 Å². The zero-order valence-electron chi connectivity index (χ0n) is 17.3. The first-order valence-corrected chi connectivity index (χ1v) is 10.5. The molecule has 1 fully saturated rings. The van der Waals surface area contributed by atoms with Crippen molar-refractivity contribution in [3.05, 3.63) is 66.7 Å². The normalized spacial score (nSPS) is 14.1. The third kappa shape index (κ3) is 4.34. The minimum atomic E-state index is 0.801. The van der Waals surface area contributed by atoms with Crippen LogP contribution in [0, 0.1) is 0 Å². The zero-order chi connectivity index (χ0) is 20.1. The Labute approximate surface area is 173 Å². The maximum Gasteiger partial charge on any atom is 0.163 e. The van der Waals surface area contributed by atoms with E-state index in [2.05, 4.69) is 77.1 Å². The minimum absolute atomic E-state index is 0.801. The minimum Gasteiger partial charge on any atom is -0.368 e. The molecule has 0 aliphatic carbocycles. The van der Waals surface area contributed by atoms with E-state index in [9.17, 15) is 0 Å². The van der Waals surface area contributed by atoms with Crippen molar-refractivity contribution in [1.82, 2.24) is 9.97 Å². The van der Waals surface area contributed by atoms with Crippen molar-refractivity contribution in [2.45, 2.75) is 13.8 Å². The summed E-state index contributed by atoms with van der Waals surface area (Å²) < 4.78 is 0. The van der Waals surface area contributed by atoms with Crippen molar-refractivity contribution in [3.8, 4) is 11.4 Å². The lowest BCUT2D eigenvalue weighted by Gasteiger charge is -2.37. The molecule has 0 bridgehead atoms. The van der Waals surface area contributed by atoms with E-state index in [1.54, 1.807) is 0 Å². The van der Waals surface area contributed by atoms with Crippen LogP contribution in [0.1, 0.15) is 13.8 Å². The van der Waals surface area contributed by atoms with E-state index in [4.69, 9.17) is 9.97 Å². The van der Waals surface area contributed by atoms with E-state index in [0.717, 1.165) is 62.3 Å². The highest BCUT2D eigenvalue weighted by Gasteiger charge is 2.20. The van der Waals surface area contributed by atoms with Crippen LogP contribution in [0.2, 0.25) is 0 Å². The number of benzene rings is 2. The summed E-state index contributed by atoms with van der Waals surface area (Å²) >= 11 is 0. The number of aromatic nitrogens is 2. The quantitative estimate of drug-likeness (QED) is 0.630. The number of para-hydroxylation sites is 1. The van der Waals surface area contributed by atoms with E-state index in [1.807, 2.05) is 18.2 Å². The van der Waals surface area contributed by atoms with Gasteiger partial charge in [0.1, 0.15) is 11.6 Å². The van der Waals surface area contributed by atoms with Gasteiger partial charge in [0.05, 0.1) is 0 Å². The molecule has 1 aromatic heterocycles. The number of nitrogens with zero attached hydrogens (tertiary/aromatic N) is 5. The van der Waals surface area contributed by atoms with Crippen LogP contribution in [-0.4, -0.2) is 49.2 Å². The van der Waals surface area contributed by atoms with E-state index < -0.39 is 0 Å². The van der Waals surface area contributed by atoms with Crippen LogP contribution in [0.4, 0.5) is 17.3 Å². The third-order valence-electron chi connectivity index (χ3n) is 5.54. The Morgan fingerprint density at radius 1 is 0.759 bits per heavy atom. The molecule has 3 aromatic rings. The van der Waals surface area contributed by atoms with Crippen molar-refractivity contribution in [3.63, 3.8) is 0 Å². The fraction of sp³-hybridized carbons (Fsp3) is 0.333. The summed E-state index contributed by atoms with van der Waals surface area (Å²) in [6.45, 7) is 10.1. The van der Waals surface area contributed by atoms with Gasteiger partial charge < -0.3 is 14.7 Å². The number of anilines is 3. The Balaban J connectivity index is 1.60. The van der Waals surface area contributed by atoms with E-state index in [-0.39, 0.29) is 0 Å². The average molecular weight is 388 g/mol. The topological polar surface area (TPSA) is 35.5 Å². The van der Waals surface area contributed by atoms with Gasteiger partial charge in [-0.3, -0.25) is 0 Å². The molecule has 0 radical (unpaired) electrons. The maximum atomic E-state index is 4.95. The molecule has 5 nitrogen and oxygen atoms in total. The summed E-state index contributed by atoms with van der Waals surface area (Å²) in [7, 11) is 0. The van der Waals surface area contributed by atoms with E-state index in [1.165, 1.54) is 5.69 Å². The predicted octanol–water partition coefficient (Wildman–Crippen LogP) is 4.32. The fourth-order valence-corrected chi connectivity index (χ4v) is 3.84. The van der Waals surface area contributed by atoms with Crippen LogP contribution in [0.15, 0.2) is 66.7 Å². The zero-order valence-corrected chi connectivity index (χ0v) is 17.3. The molecular weight excluding hydrogens is 358 g/mol.